The molecule has 0 saturated heterocycles. The second-order valence-corrected chi connectivity index (χ2v) is 6.20. The third kappa shape index (κ3) is 3.96. The van der Waals surface area contributed by atoms with Crippen molar-refractivity contribution in [3.8, 4) is 0 Å². The minimum atomic E-state index is 0.490. The first-order valence-electron chi connectivity index (χ1n) is 6.31. The predicted octanol–water partition coefficient (Wildman–Crippen LogP) is 4.92. The quantitative estimate of drug-likeness (QED) is 0.755. The average molecular weight is 289 g/mol. The average Bonchev–Trinajstić information content (AvgIpc) is 2.24. The molecule has 0 unspecified atom stereocenters. The Hall–Kier alpha value is -0.600. The summed E-state index contributed by atoms with van der Waals surface area (Å²) in [4.78, 5) is 0. The molecule has 0 bridgehead atoms. The lowest BCUT2D eigenvalue weighted by Gasteiger charge is -2.26. The molecular formula is C14H22Cl2N2. The third-order valence-electron chi connectivity index (χ3n) is 3.33. The predicted molar refractivity (Wildman–Crippen MR) is 82.5 cm³/mol. The molecule has 1 aromatic carbocycles. The molecule has 4 heteroatoms. The van der Waals surface area contributed by atoms with E-state index in [2.05, 4.69) is 33.0 Å². The molecule has 2 nitrogen and oxygen atoms in total. The van der Waals surface area contributed by atoms with E-state index in [0.29, 0.717) is 33.5 Å². The van der Waals surface area contributed by atoms with Gasteiger partial charge < -0.3 is 11.1 Å². The van der Waals surface area contributed by atoms with Gasteiger partial charge in [-0.1, -0.05) is 50.9 Å². The summed E-state index contributed by atoms with van der Waals surface area (Å²) in [7, 11) is 0. The van der Waals surface area contributed by atoms with E-state index in [4.69, 9.17) is 28.9 Å². The van der Waals surface area contributed by atoms with E-state index in [-0.39, 0.29) is 0 Å². The molecule has 1 aromatic rings. The molecule has 0 spiro atoms. The van der Waals surface area contributed by atoms with Crippen LogP contribution in [0, 0.1) is 17.8 Å². The smallest absolute Gasteiger partial charge is 0.0614 e. The standard InChI is InChI=1S/C14H22Cl2N2/c1-8(2)10(9(3)4)7-18-14-6-12(16)11(15)5-13(14)17/h5-6,8-10,18H,7,17H2,1-4H3. The first-order chi connectivity index (χ1) is 8.32. The lowest BCUT2D eigenvalue weighted by atomic mass is 9.85. The van der Waals surface area contributed by atoms with E-state index < -0.39 is 0 Å². The fourth-order valence-electron chi connectivity index (χ4n) is 2.18. The van der Waals surface area contributed by atoms with Gasteiger partial charge in [0.25, 0.3) is 0 Å². The second-order valence-electron chi connectivity index (χ2n) is 5.39. The van der Waals surface area contributed by atoms with Gasteiger partial charge in [0.1, 0.15) is 0 Å². The van der Waals surface area contributed by atoms with Crippen molar-refractivity contribution in [2.75, 3.05) is 17.6 Å². The zero-order valence-electron chi connectivity index (χ0n) is 11.4. The molecule has 0 atom stereocenters. The molecule has 0 saturated carbocycles. The SMILES string of the molecule is CC(C)C(CNc1cc(Cl)c(Cl)cc1N)C(C)C. The van der Waals surface area contributed by atoms with Gasteiger partial charge in [0.15, 0.2) is 0 Å². The Kier molecular flexibility index (Phi) is 5.61. The molecule has 0 heterocycles. The largest absolute Gasteiger partial charge is 0.397 e. The van der Waals surface area contributed by atoms with Crippen molar-refractivity contribution in [2.24, 2.45) is 17.8 Å². The van der Waals surface area contributed by atoms with Crippen LogP contribution in [0.1, 0.15) is 27.7 Å². The Morgan fingerprint density at radius 1 is 1.06 bits per heavy atom. The van der Waals surface area contributed by atoms with Gasteiger partial charge in [0, 0.05) is 6.54 Å². The van der Waals surface area contributed by atoms with Crippen molar-refractivity contribution in [1.82, 2.24) is 0 Å². The number of nitrogen functional groups attached to an aromatic ring is 1. The van der Waals surface area contributed by atoms with E-state index in [1.807, 2.05) is 0 Å². The van der Waals surface area contributed by atoms with Crippen molar-refractivity contribution < 1.29 is 0 Å². The van der Waals surface area contributed by atoms with Crippen molar-refractivity contribution in [1.29, 1.82) is 0 Å². The van der Waals surface area contributed by atoms with E-state index in [0.717, 1.165) is 12.2 Å². The Balaban J connectivity index is 2.76. The van der Waals surface area contributed by atoms with Crippen LogP contribution in [0.4, 0.5) is 11.4 Å². The maximum Gasteiger partial charge on any atom is 0.0614 e. The molecule has 1 rings (SSSR count). The summed E-state index contributed by atoms with van der Waals surface area (Å²) in [6.45, 7) is 9.85. The molecule has 0 aliphatic heterocycles. The summed E-state index contributed by atoms with van der Waals surface area (Å²) in [6.07, 6.45) is 0. The van der Waals surface area contributed by atoms with Crippen molar-refractivity contribution in [3.63, 3.8) is 0 Å². The topological polar surface area (TPSA) is 38.0 Å². The van der Waals surface area contributed by atoms with Crippen LogP contribution in [0.2, 0.25) is 10.0 Å². The van der Waals surface area contributed by atoms with Crippen LogP contribution < -0.4 is 11.1 Å². The van der Waals surface area contributed by atoms with E-state index in [1.165, 1.54) is 0 Å². The van der Waals surface area contributed by atoms with Crippen LogP contribution in [-0.2, 0) is 0 Å². The van der Waals surface area contributed by atoms with Crippen LogP contribution in [0.15, 0.2) is 12.1 Å². The minimum absolute atomic E-state index is 0.490. The maximum atomic E-state index is 6.00. The monoisotopic (exact) mass is 288 g/mol. The fourth-order valence-corrected chi connectivity index (χ4v) is 2.52. The number of hydrogen-bond donors (Lipinski definition) is 2. The van der Waals surface area contributed by atoms with Crippen LogP contribution in [0.25, 0.3) is 0 Å². The molecule has 0 aromatic heterocycles. The number of hydrogen-bond acceptors (Lipinski definition) is 2. The minimum Gasteiger partial charge on any atom is -0.397 e. The highest BCUT2D eigenvalue weighted by molar-refractivity contribution is 6.42. The lowest BCUT2D eigenvalue weighted by molar-refractivity contribution is 0.304. The third-order valence-corrected chi connectivity index (χ3v) is 4.06. The van der Waals surface area contributed by atoms with Gasteiger partial charge in [-0.3, -0.25) is 0 Å². The van der Waals surface area contributed by atoms with Crippen LogP contribution in [-0.4, -0.2) is 6.54 Å². The Labute approximate surface area is 120 Å². The highest BCUT2D eigenvalue weighted by Gasteiger charge is 2.17. The highest BCUT2D eigenvalue weighted by Crippen LogP contribution is 2.31. The maximum absolute atomic E-state index is 6.00. The summed E-state index contributed by atoms with van der Waals surface area (Å²) in [5.41, 5.74) is 7.42. The fraction of sp³-hybridized carbons (Fsp3) is 0.571. The van der Waals surface area contributed by atoms with E-state index >= 15 is 0 Å². The molecule has 0 fully saturated rings. The molecule has 102 valence electrons. The molecule has 0 radical (unpaired) electrons. The van der Waals surface area contributed by atoms with Gasteiger partial charge in [-0.2, -0.15) is 0 Å². The lowest BCUT2D eigenvalue weighted by Crippen LogP contribution is -2.24. The number of nitrogens with two attached hydrogens (primary N) is 1. The zero-order valence-corrected chi connectivity index (χ0v) is 12.9. The van der Waals surface area contributed by atoms with Crippen molar-refractivity contribution in [2.45, 2.75) is 27.7 Å². The number of nitrogens with one attached hydrogen (secondary N) is 1. The Morgan fingerprint density at radius 2 is 1.56 bits per heavy atom. The highest BCUT2D eigenvalue weighted by atomic mass is 35.5. The van der Waals surface area contributed by atoms with Gasteiger partial charge in [0.2, 0.25) is 0 Å². The van der Waals surface area contributed by atoms with Gasteiger partial charge in [-0.05, 0) is 29.9 Å². The number of anilines is 2. The molecule has 0 aliphatic carbocycles. The van der Waals surface area contributed by atoms with Crippen molar-refractivity contribution >= 4 is 34.6 Å². The van der Waals surface area contributed by atoms with Crippen LogP contribution in [0.3, 0.4) is 0 Å². The summed E-state index contributed by atoms with van der Waals surface area (Å²) in [5.74, 6) is 1.85. The molecular weight excluding hydrogens is 267 g/mol. The number of rotatable bonds is 5. The van der Waals surface area contributed by atoms with Gasteiger partial charge in [-0.25, -0.2) is 0 Å². The first kappa shape index (κ1) is 15.5. The Bertz CT molecular complexity index is 395. The van der Waals surface area contributed by atoms with E-state index in [9.17, 15) is 0 Å². The molecule has 0 amide bonds. The van der Waals surface area contributed by atoms with Crippen LogP contribution >= 0.6 is 23.2 Å². The normalized spacial score (nSPS) is 11.6. The molecule has 0 aliphatic rings. The van der Waals surface area contributed by atoms with Crippen molar-refractivity contribution in [3.05, 3.63) is 22.2 Å². The van der Waals surface area contributed by atoms with E-state index in [1.54, 1.807) is 12.1 Å². The first-order valence-corrected chi connectivity index (χ1v) is 7.07. The van der Waals surface area contributed by atoms with Gasteiger partial charge in [0.05, 0.1) is 21.4 Å². The summed E-state index contributed by atoms with van der Waals surface area (Å²) < 4.78 is 0. The summed E-state index contributed by atoms with van der Waals surface area (Å²) in [6, 6.07) is 3.48. The molecule has 3 N–H and O–H groups in total. The molecule has 18 heavy (non-hydrogen) atoms. The Morgan fingerprint density at radius 3 is 2.06 bits per heavy atom. The van der Waals surface area contributed by atoms with Crippen LogP contribution in [0.5, 0.6) is 0 Å². The number of halogens is 2. The summed E-state index contributed by atoms with van der Waals surface area (Å²) in [5, 5.41) is 4.39. The second kappa shape index (κ2) is 6.53. The van der Waals surface area contributed by atoms with Gasteiger partial charge >= 0.3 is 0 Å². The van der Waals surface area contributed by atoms with Gasteiger partial charge in [-0.15, -0.1) is 0 Å². The zero-order chi connectivity index (χ0) is 13.9. The number of benzene rings is 1. The summed E-state index contributed by atoms with van der Waals surface area (Å²) >= 11 is 11.9.